The topological polar surface area (TPSA) is 92.0 Å². The summed E-state index contributed by atoms with van der Waals surface area (Å²) in [5.41, 5.74) is 2.01. The average molecular weight is 460 g/mol. The number of aromatic nitrogens is 5. The molecule has 0 N–H and O–H groups in total. The summed E-state index contributed by atoms with van der Waals surface area (Å²) in [4.78, 5) is 4.47. The van der Waals surface area contributed by atoms with Crippen molar-refractivity contribution in [2.24, 2.45) is 0 Å². The number of hydrogen-bond donors (Lipinski definition) is 0. The summed E-state index contributed by atoms with van der Waals surface area (Å²) in [6.45, 7) is 4.28. The van der Waals surface area contributed by atoms with Crippen molar-refractivity contribution in [1.82, 2.24) is 24.9 Å². The number of hydrogen-bond acceptors (Lipinski definition) is 8. The highest BCUT2D eigenvalue weighted by Crippen LogP contribution is 2.35. The van der Waals surface area contributed by atoms with E-state index in [4.69, 9.17) is 13.7 Å². The van der Waals surface area contributed by atoms with Gasteiger partial charge in [0.05, 0.1) is 11.5 Å². The van der Waals surface area contributed by atoms with Gasteiger partial charge in [0.1, 0.15) is 12.4 Å². The Kier molecular flexibility index (Phi) is 5.95. The molecule has 3 heterocycles. The molecule has 0 radical (unpaired) electrons. The number of para-hydroxylation sites is 2. The summed E-state index contributed by atoms with van der Waals surface area (Å²) in [6.07, 6.45) is 1.58. The molecular weight excluding hydrogens is 438 g/mol. The number of thioether (sulfide) groups is 1. The van der Waals surface area contributed by atoms with Crippen LogP contribution in [0.25, 0.3) is 17.3 Å². The number of aryl methyl sites for hydroxylation is 1. The summed E-state index contributed by atoms with van der Waals surface area (Å²) in [5, 5.41) is 13.4. The molecule has 0 aliphatic rings. The zero-order valence-electron chi connectivity index (χ0n) is 18.1. The van der Waals surface area contributed by atoms with Crippen molar-refractivity contribution in [3.63, 3.8) is 0 Å². The molecule has 1 atom stereocenters. The van der Waals surface area contributed by atoms with E-state index >= 15 is 0 Å². The molecule has 0 spiro atoms. The van der Waals surface area contributed by atoms with E-state index in [0.29, 0.717) is 28.5 Å². The molecule has 0 unspecified atom stereocenters. The normalized spacial score (nSPS) is 12.1. The van der Waals surface area contributed by atoms with Gasteiger partial charge < -0.3 is 13.7 Å². The van der Waals surface area contributed by atoms with E-state index in [1.165, 1.54) is 11.8 Å². The van der Waals surface area contributed by atoms with Crippen LogP contribution in [0.15, 0.2) is 87.1 Å². The Balaban J connectivity index is 1.40. The Morgan fingerprint density at radius 2 is 1.82 bits per heavy atom. The molecule has 2 aromatic carbocycles. The fourth-order valence-corrected chi connectivity index (χ4v) is 4.20. The van der Waals surface area contributed by atoms with E-state index in [-0.39, 0.29) is 11.9 Å². The van der Waals surface area contributed by atoms with Crippen molar-refractivity contribution < 1.29 is 13.7 Å². The van der Waals surface area contributed by atoms with Crippen LogP contribution in [0.2, 0.25) is 0 Å². The first-order valence-corrected chi connectivity index (χ1v) is 11.3. The second-order valence-corrected chi connectivity index (χ2v) is 8.63. The maximum atomic E-state index is 6.05. The van der Waals surface area contributed by atoms with Gasteiger partial charge in [-0.15, -0.1) is 10.2 Å². The van der Waals surface area contributed by atoms with Crippen molar-refractivity contribution in [2.45, 2.75) is 30.9 Å². The quantitative estimate of drug-likeness (QED) is 0.275. The molecule has 0 fully saturated rings. The van der Waals surface area contributed by atoms with Crippen molar-refractivity contribution in [1.29, 1.82) is 0 Å². The van der Waals surface area contributed by atoms with Crippen LogP contribution < -0.4 is 4.74 Å². The van der Waals surface area contributed by atoms with Gasteiger partial charge in [-0.25, -0.2) is 0 Å². The molecule has 0 aliphatic carbocycles. The molecule has 9 heteroatoms. The lowest BCUT2D eigenvalue weighted by atomic mass is 10.2. The predicted octanol–water partition coefficient (Wildman–Crippen LogP) is 5.65. The van der Waals surface area contributed by atoms with Gasteiger partial charge in [-0.2, -0.15) is 4.98 Å². The summed E-state index contributed by atoms with van der Waals surface area (Å²) in [6, 6.07) is 21.4. The van der Waals surface area contributed by atoms with Gasteiger partial charge in [0, 0.05) is 5.69 Å². The van der Waals surface area contributed by atoms with E-state index in [0.717, 1.165) is 17.0 Å². The number of benzene rings is 2. The fourth-order valence-electron chi connectivity index (χ4n) is 3.28. The lowest BCUT2D eigenvalue weighted by Crippen LogP contribution is -2.07. The lowest BCUT2D eigenvalue weighted by molar-refractivity contribution is 0.291. The van der Waals surface area contributed by atoms with Gasteiger partial charge in [0.25, 0.3) is 0 Å². The minimum absolute atomic E-state index is 0.155. The second kappa shape index (κ2) is 9.33. The Bertz CT molecular complexity index is 1330. The summed E-state index contributed by atoms with van der Waals surface area (Å²) < 4.78 is 18.9. The van der Waals surface area contributed by atoms with Crippen molar-refractivity contribution in [3.05, 3.63) is 90.3 Å². The van der Waals surface area contributed by atoms with Gasteiger partial charge in [0.2, 0.25) is 11.7 Å². The zero-order valence-corrected chi connectivity index (χ0v) is 18.9. The molecule has 3 aromatic heterocycles. The monoisotopic (exact) mass is 459 g/mol. The number of nitrogens with zero attached hydrogens (tertiary/aromatic N) is 5. The zero-order chi connectivity index (χ0) is 22.6. The third-order valence-electron chi connectivity index (χ3n) is 4.98. The highest BCUT2D eigenvalue weighted by molar-refractivity contribution is 7.99. The van der Waals surface area contributed by atoms with Crippen LogP contribution in [0.5, 0.6) is 5.75 Å². The fraction of sp³-hybridized carbons (Fsp3) is 0.167. The average Bonchev–Trinajstić information content (AvgIpc) is 3.60. The molecule has 0 aliphatic heterocycles. The maximum absolute atomic E-state index is 6.05. The molecule has 0 saturated heterocycles. The molecule has 0 saturated carbocycles. The minimum atomic E-state index is -0.155. The molecule has 166 valence electrons. The smallest absolute Gasteiger partial charge is 0.240 e. The first-order chi connectivity index (χ1) is 16.2. The summed E-state index contributed by atoms with van der Waals surface area (Å²) in [5.74, 6) is 2.97. The molecule has 33 heavy (non-hydrogen) atoms. The summed E-state index contributed by atoms with van der Waals surface area (Å²) >= 11 is 1.48. The van der Waals surface area contributed by atoms with Crippen LogP contribution in [-0.2, 0) is 6.61 Å². The van der Waals surface area contributed by atoms with Crippen LogP contribution in [0.1, 0.15) is 29.5 Å². The van der Waals surface area contributed by atoms with Crippen LogP contribution in [0.4, 0.5) is 0 Å². The van der Waals surface area contributed by atoms with Crippen LogP contribution in [0, 0.1) is 6.92 Å². The largest absolute Gasteiger partial charge is 0.485 e. The first kappa shape index (κ1) is 21.0. The van der Waals surface area contributed by atoms with E-state index in [2.05, 4.69) is 20.3 Å². The predicted molar refractivity (Wildman–Crippen MR) is 123 cm³/mol. The first-order valence-electron chi connectivity index (χ1n) is 10.4. The van der Waals surface area contributed by atoms with E-state index in [1.807, 2.05) is 73.0 Å². The standard InChI is InChI=1S/C24H21N5O3S/c1-16-9-6-7-12-19(16)31-15-21-26-27-24(29(21)18-10-4-3-5-11-18)33-17(2)23-25-22(28-32-23)20-13-8-14-30-20/h3-14,17H,15H2,1-2H3/t17-/m0/s1. The van der Waals surface area contributed by atoms with Gasteiger partial charge >= 0.3 is 0 Å². The number of ether oxygens (including phenoxy) is 1. The third-order valence-corrected chi connectivity index (χ3v) is 6.01. The van der Waals surface area contributed by atoms with Gasteiger partial charge in [-0.05, 0) is 49.7 Å². The van der Waals surface area contributed by atoms with Gasteiger partial charge in [-0.1, -0.05) is 53.3 Å². The van der Waals surface area contributed by atoms with Gasteiger partial charge in [-0.3, -0.25) is 4.57 Å². The maximum Gasteiger partial charge on any atom is 0.240 e. The van der Waals surface area contributed by atoms with Crippen LogP contribution >= 0.6 is 11.8 Å². The third kappa shape index (κ3) is 4.54. The Labute approximate surface area is 194 Å². The van der Waals surface area contributed by atoms with Gasteiger partial charge in [0.15, 0.2) is 16.7 Å². The molecule has 5 rings (SSSR count). The molecule has 0 bridgehead atoms. The SMILES string of the molecule is Cc1ccccc1OCc1nnc(S[C@@H](C)c2nc(-c3ccco3)no2)n1-c1ccccc1. The van der Waals surface area contributed by atoms with Crippen molar-refractivity contribution in [3.8, 4) is 23.0 Å². The number of rotatable bonds is 8. The second-order valence-electron chi connectivity index (χ2n) is 7.32. The minimum Gasteiger partial charge on any atom is -0.485 e. The Hall–Kier alpha value is -3.85. The molecule has 5 aromatic rings. The number of furan rings is 1. The van der Waals surface area contributed by atoms with E-state index in [9.17, 15) is 0 Å². The van der Waals surface area contributed by atoms with Crippen molar-refractivity contribution >= 4 is 11.8 Å². The highest BCUT2D eigenvalue weighted by atomic mass is 32.2. The van der Waals surface area contributed by atoms with E-state index in [1.54, 1.807) is 18.4 Å². The summed E-state index contributed by atoms with van der Waals surface area (Å²) in [7, 11) is 0. The Morgan fingerprint density at radius 1 is 1.00 bits per heavy atom. The van der Waals surface area contributed by atoms with Crippen LogP contribution in [0.3, 0.4) is 0 Å². The van der Waals surface area contributed by atoms with Crippen molar-refractivity contribution in [2.75, 3.05) is 0 Å². The molecular formula is C24H21N5O3S. The van der Waals surface area contributed by atoms with Crippen LogP contribution in [-0.4, -0.2) is 24.9 Å². The highest BCUT2D eigenvalue weighted by Gasteiger charge is 2.22. The molecule has 0 amide bonds. The van der Waals surface area contributed by atoms with E-state index < -0.39 is 0 Å². The Morgan fingerprint density at radius 3 is 2.61 bits per heavy atom. The molecule has 8 nitrogen and oxygen atoms in total. The lowest BCUT2D eigenvalue weighted by Gasteiger charge is -2.13.